The molecule has 0 saturated carbocycles. The van der Waals surface area contributed by atoms with Crippen LogP contribution in [0, 0.1) is 0 Å². The highest BCUT2D eigenvalue weighted by molar-refractivity contribution is 9.10. The Kier molecular flexibility index (Phi) is 2.86. The van der Waals surface area contributed by atoms with Crippen molar-refractivity contribution in [2.75, 3.05) is 0 Å². The average Bonchev–Trinajstić information content (AvgIpc) is 1.97. The Morgan fingerprint density at radius 2 is 2.08 bits per heavy atom. The molecule has 1 N–H and O–H groups in total. The average molecular weight is 239 g/mol. The number of aromatic hydroxyl groups is 1. The van der Waals surface area contributed by atoms with Gasteiger partial charge in [-0.15, -0.1) is 0 Å². The van der Waals surface area contributed by atoms with E-state index >= 15 is 0 Å². The van der Waals surface area contributed by atoms with Gasteiger partial charge >= 0.3 is 6.61 Å². The number of phenolic OH excluding ortho intramolecular Hbond substituents is 1. The van der Waals surface area contributed by atoms with Gasteiger partial charge < -0.3 is 9.84 Å². The van der Waals surface area contributed by atoms with E-state index < -0.39 is 6.61 Å². The molecular formula is C7H5BrF2O2. The minimum atomic E-state index is -2.94. The summed E-state index contributed by atoms with van der Waals surface area (Å²) < 4.78 is 27.8. The Hall–Kier alpha value is -0.840. The Labute approximate surface area is 75.9 Å². The highest BCUT2D eigenvalue weighted by Crippen LogP contribution is 2.34. The molecule has 5 heteroatoms. The van der Waals surface area contributed by atoms with E-state index in [-0.39, 0.29) is 11.5 Å². The smallest absolute Gasteiger partial charge is 0.387 e. The van der Waals surface area contributed by atoms with Gasteiger partial charge in [-0.25, -0.2) is 0 Å². The molecule has 0 unspecified atom stereocenters. The molecule has 12 heavy (non-hydrogen) atoms. The van der Waals surface area contributed by atoms with Crippen molar-refractivity contribution < 1.29 is 18.6 Å². The van der Waals surface area contributed by atoms with E-state index in [2.05, 4.69) is 20.7 Å². The summed E-state index contributed by atoms with van der Waals surface area (Å²) in [5.74, 6) is -0.558. The van der Waals surface area contributed by atoms with Crippen molar-refractivity contribution in [1.82, 2.24) is 0 Å². The van der Waals surface area contributed by atoms with Gasteiger partial charge in [0, 0.05) is 0 Å². The van der Waals surface area contributed by atoms with Gasteiger partial charge in [-0.1, -0.05) is 6.07 Å². The summed E-state index contributed by atoms with van der Waals surface area (Å²) >= 11 is 2.96. The first-order chi connectivity index (χ1) is 5.61. The number of ether oxygens (including phenoxy) is 1. The maximum Gasteiger partial charge on any atom is 0.387 e. The van der Waals surface area contributed by atoms with E-state index in [1.54, 1.807) is 0 Å². The molecule has 0 amide bonds. The van der Waals surface area contributed by atoms with E-state index in [1.807, 2.05) is 0 Å². The number of phenols is 1. The van der Waals surface area contributed by atoms with Crippen molar-refractivity contribution in [2.24, 2.45) is 0 Å². The van der Waals surface area contributed by atoms with Gasteiger partial charge in [-0.3, -0.25) is 0 Å². The maximum absolute atomic E-state index is 11.7. The van der Waals surface area contributed by atoms with Crippen molar-refractivity contribution in [3.8, 4) is 11.5 Å². The molecular weight excluding hydrogens is 234 g/mol. The fraction of sp³-hybridized carbons (Fsp3) is 0.143. The Morgan fingerprint density at radius 3 is 2.58 bits per heavy atom. The van der Waals surface area contributed by atoms with Crippen LogP contribution in [-0.4, -0.2) is 11.7 Å². The van der Waals surface area contributed by atoms with Crippen LogP contribution in [0.15, 0.2) is 22.7 Å². The van der Waals surface area contributed by atoms with Crippen LogP contribution < -0.4 is 4.74 Å². The number of halogens is 3. The number of alkyl halides is 2. The zero-order valence-corrected chi connectivity index (χ0v) is 7.38. The quantitative estimate of drug-likeness (QED) is 0.859. The third-order valence-corrected chi connectivity index (χ3v) is 1.78. The Bertz CT molecular complexity index is 258. The van der Waals surface area contributed by atoms with Crippen molar-refractivity contribution in [3.63, 3.8) is 0 Å². The van der Waals surface area contributed by atoms with Gasteiger partial charge in [0.1, 0.15) is 0 Å². The number of hydrogen-bond acceptors (Lipinski definition) is 2. The predicted molar refractivity (Wildman–Crippen MR) is 42.4 cm³/mol. The topological polar surface area (TPSA) is 29.5 Å². The van der Waals surface area contributed by atoms with Crippen molar-refractivity contribution in [2.45, 2.75) is 6.61 Å². The summed E-state index contributed by atoms with van der Waals surface area (Å²) in [6.07, 6.45) is 0. The highest BCUT2D eigenvalue weighted by atomic mass is 79.9. The molecule has 1 aromatic carbocycles. The van der Waals surface area contributed by atoms with Gasteiger partial charge in [-0.05, 0) is 28.1 Å². The van der Waals surface area contributed by atoms with Crippen LogP contribution in [0.5, 0.6) is 11.5 Å². The van der Waals surface area contributed by atoms with E-state index in [0.717, 1.165) is 0 Å². The van der Waals surface area contributed by atoms with E-state index in [0.29, 0.717) is 4.47 Å². The van der Waals surface area contributed by atoms with Crippen LogP contribution in [0.2, 0.25) is 0 Å². The first-order valence-corrected chi connectivity index (χ1v) is 3.83. The third kappa shape index (κ3) is 2.07. The highest BCUT2D eigenvalue weighted by Gasteiger charge is 2.11. The summed E-state index contributed by atoms with van der Waals surface area (Å²) in [5, 5.41) is 9.05. The third-order valence-electron chi connectivity index (χ3n) is 1.15. The Morgan fingerprint density at radius 1 is 1.42 bits per heavy atom. The molecule has 2 nitrogen and oxygen atoms in total. The molecule has 66 valence electrons. The minimum absolute atomic E-state index is 0.243. The molecule has 0 radical (unpaired) electrons. The molecule has 0 bridgehead atoms. The molecule has 0 aliphatic carbocycles. The number of benzene rings is 1. The molecule has 0 aliphatic rings. The van der Waals surface area contributed by atoms with Crippen LogP contribution in [0.4, 0.5) is 8.78 Å². The lowest BCUT2D eigenvalue weighted by molar-refractivity contribution is -0.0517. The molecule has 0 fully saturated rings. The lowest BCUT2D eigenvalue weighted by atomic mass is 10.3. The van der Waals surface area contributed by atoms with Gasteiger partial charge in [0.15, 0.2) is 11.5 Å². The predicted octanol–water partition coefficient (Wildman–Crippen LogP) is 2.76. The van der Waals surface area contributed by atoms with Gasteiger partial charge in [-0.2, -0.15) is 8.78 Å². The maximum atomic E-state index is 11.7. The zero-order valence-electron chi connectivity index (χ0n) is 5.80. The fourth-order valence-electron chi connectivity index (χ4n) is 0.703. The van der Waals surface area contributed by atoms with Crippen molar-refractivity contribution in [3.05, 3.63) is 22.7 Å². The van der Waals surface area contributed by atoms with Crippen molar-refractivity contribution in [1.29, 1.82) is 0 Å². The summed E-state index contributed by atoms with van der Waals surface area (Å²) in [4.78, 5) is 0. The second-order valence-electron chi connectivity index (χ2n) is 1.97. The SMILES string of the molecule is Oc1cccc(Br)c1OC(F)F. The van der Waals surface area contributed by atoms with Crippen LogP contribution in [-0.2, 0) is 0 Å². The summed E-state index contributed by atoms with van der Waals surface area (Å²) in [6.45, 7) is -2.94. The molecule has 0 aromatic heterocycles. The first-order valence-electron chi connectivity index (χ1n) is 3.03. The number of para-hydroxylation sites is 1. The number of hydrogen-bond donors (Lipinski definition) is 1. The van der Waals surface area contributed by atoms with Crippen LogP contribution >= 0.6 is 15.9 Å². The lowest BCUT2D eigenvalue weighted by Gasteiger charge is -2.07. The second kappa shape index (κ2) is 3.71. The van der Waals surface area contributed by atoms with E-state index in [4.69, 9.17) is 5.11 Å². The molecule has 0 heterocycles. The van der Waals surface area contributed by atoms with Crippen LogP contribution in [0.3, 0.4) is 0 Å². The molecule has 1 rings (SSSR count). The van der Waals surface area contributed by atoms with Crippen LogP contribution in [0.25, 0.3) is 0 Å². The lowest BCUT2D eigenvalue weighted by Crippen LogP contribution is -2.02. The van der Waals surface area contributed by atoms with E-state index in [1.165, 1.54) is 18.2 Å². The normalized spacial score (nSPS) is 10.3. The van der Waals surface area contributed by atoms with Crippen molar-refractivity contribution >= 4 is 15.9 Å². The molecule has 0 spiro atoms. The Balaban J connectivity index is 2.96. The summed E-state index contributed by atoms with van der Waals surface area (Å²) in [7, 11) is 0. The summed E-state index contributed by atoms with van der Waals surface area (Å²) in [6, 6.07) is 4.28. The van der Waals surface area contributed by atoms with E-state index in [9.17, 15) is 8.78 Å². The van der Waals surface area contributed by atoms with Gasteiger partial charge in [0.25, 0.3) is 0 Å². The molecule has 0 aliphatic heterocycles. The van der Waals surface area contributed by atoms with Crippen LogP contribution in [0.1, 0.15) is 0 Å². The zero-order chi connectivity index (χ0) is 9.14. The largest absolute Gasteiger partial charge is 0.504 e. The van der Waals surface area contributed by atoms with Gasteiger partial charge in [0.2, 0.25) is 0 Å². The second-order valence-corrected chi connectivity index (χ2v) is 2.82. The summed E-state index contributed by atoms with van der Waals surface area (Å²) in [5.41, 5.74) is 0. The number of rotatable bonds is 2. The fourth-order valence-corrected chi connectivity index (χ4v) is 1.15. The molecule has 1 aromatic rings. The monoisotopic (exact) mass is 238 g/mol. The first kappa shape index (κ1) is 9.25. The molecule has 0 saturated heterocycles. The van der Waals surface area contributed by atoms with Gasteiger partial charge in [0.05, 0.1) is 4.47 Å². The standard InChI is InChI=1S/C7H5BrF2O2/c8-4-2-1-3-5(11)6(4)12-7(9)10/h1-3,7,11H. The minimum Gasteiger partial charge on any atom is -0.504 e. The molecule has 0 atom stereocenters.